The first kappa shape index (κ1) is 28.3. The van der Waals surface area contributed by atoms with Crippen molar-refractivity contribution in [3.8, 4) is 0 Å². The maximum Gasteiger partial charge on any atom is 0.250 e. The van der Waals surface area contributed by atoms with Crippen molar-refractivity contribution in [2.75, 3.05) is 39.3 Å². The summed E-state index contributed by atoms with van der Waals surface area (Å²) >= 11 is 7.16. The first-order chi connectivity index (χ1) is 17.7. The molecule has 3 heterocycles. The van der Waals surface area contributed by atoms with E-state index in [1.807, 2.05) is 4.90 Å². The zero-order valence-corrected chi connectivity index (χ0v) is 24.0. The molecule has 37 heavy (non-hydrogen) atoms. The van der Waals surface area contributed by atoms with Gasteiger partial charge in [-0.25, -0.2) is 8.42 Å². The molecule has 8 nitrogen and oxygen atoms in total. The number of halogens is 1. The van der Waals surface area contributed by atoms with Gasteiger partial charge >= 0.3 is 0 Å². The second kappa shape index (κ2) is 12.4. The third-order valence-electron chi connectivity index (χ3n) is 7.12. The molecule has 2 aromatic rings. The Balaban J connectivity index is 1.39. The van der Waals surface area contributed by atoms with E-state index in [1.165, 1.54) is 4.90 Å². The molecule has 4 rings (SSSR count). The minimum atomic E-state index is -3.89. The van der Waals surface area contributed by atoms with Crippen LogP contribution >= 0.6 is 22.9 Å². The van der Waals surface area contributed by atoms with E-state index >= 15 is 0 Å². The molecule has 1 aromatic heterocycles. The van der Waals surface area contributed by atoms with E-state index in [1.54, 1.807) is 24.3 Å². The van der Waals surface area contributed by atoms with Crippen LogP contribution in [0, 0.1) is 0 Å². The topological polar surface area (TPSA) is 90.0 Å². The number of benzene rings is 1. The van der Waals surface area contributed by atoms with E-state index in [2.05, 4.69) is 23.5 Å². The molecule has 2 atom stereocenters. The van der Waals surface area contributed by atoms with Gasteiger partial charge in [0.05, 0.1) is 6.54 Å². The van der Waals surface area contributed by atoms with Crippen molar-refractivity contribution in [3.63, 3.8) is 0 Å². The number of nitrogens with zero attached hydrogens (tertiary/aromatic N) is 3. The second-order valence-corrected chi connectivity index (χ2v) is 13.5. The van der Waals surface area contributed by atoms with Crippen LogP contribution in [0.5, 0.6) is 0 Å². The molecule has 204 valence electrons. The zero-order chi connectivity index (χ0) is 26.6. The molecule has 2 aliphatic rings. The molecule has 0 saturated carbocycles. The Morgan fingerprint density at radius 2 is 1.86 bits per heavy atom. The third kappa shape index (κ3) is 6.84. The van der Waals surface area contributed by atoms with E-state index in [4.69, 9.17) is 11.6 Å². The number of piperidine rings is 1. The third-order valence-corrected chi connectivity index (χ3v) is 10.4. The summed E-state index contributed by atoms with van der Waals surface area (Å²) < 4.78 is 29.7. The van der Waals surface area contributed by atoms with E-state index in [0.29, 0.717) is 31.0 Å². The minimum absolute atomic E-state index is 0.00347. The lowest BCUT2D eigenvalue weighted by Crippen LogP contribution is -2.55. The van der Waals surface area contributed by atoms with Gasteiger partial charge in [0, 0.05) is 35.4 Å². The molecule has 2 amide bonds. The Bertz CT molecular complexity index is 1210. The summed E-state index contributed by atoms with van der Waals surface area (Å²) in [6.07, 6.45) is 5.16. The van der Waals surface area contributed by atoms with Gasteiger partial charge in [-0.2, -0.15) is 4.72 Å². The zero-order valence-electron chi connectivity index (χ0n) is 21.6. The van der Waals surface area contributed by atoms with Crippen LogP contribution in [-0.4, -0.2) is 86.3 Å². The highest BCUT2D eigenvalue weighted by molar-refractivity contribution is 7.91. The Labute approximate surface area is 229 Å². The number of carbonyl (C=O) groups is 2. The lowest BCUT2D eigenvalue weighted by atomic mass is 10.1. The monoisotopic (exact) mass is 568 g/mol. The summed E-state index contributed by atoms with van der Waals surface area (Å²) in [6, 6.07) is 6.12. The molecule has 2 fully saturated rings. The fourth-order valence-corrected chi connectivity index (χ4v) is 8.31. The van der Waals surface area contributed by atoms with Crippen LogP contribution in [0.2, 0.25) is 5.02 Å². The number of hydrogen-bond acceptors (Lipinski definition) is 6. The highest BCUT2D eigenvalue weighted by atomic mass is 35.5. The van der Waals surface area contributed by atoms with E-state index in [9.17, 15) is 18.0 Å². The lowest BCUT2D eigenvalue weighted by Gasteiger charge is -2.35. The highest BCUT2D eigenvalue weighted by Crippen LogP contribution is 2.31. The highest BCUT2D eigenvalue weighted by Gasteiger charge is 2.36. The molecule has 2 saturated heterocycles. The van der Waals surface area contributed by atoms with Crippen molar-refractivity contribution in [1.82, 2.24) is 19.4 Å². The number of sulfonamides is 1. The Morgan fingerprint density at radius 3 is 2.59 bits per heavy atom. The maximum absolute atomic E-state index is 13.3. The number of likely N-dealkylation sites (tertiary alicyclic amines) is 2. The van der Waals surface area contributed by atoms with Crippen molar-refractivity contribution in [2.45, 2.75) is 68.7 Å². The van der Waals surface area contributed by atoms with Crippen molar-refractivity contribution < 1.29 is 18.0 Å². The molecule has 1 aromatic carbocycles. The molecule has 0 spiro atoms. The van der Waals surface area contributed by atoms with Crippen molar-refractivity contribution in [2.24, 2.45) is 0 Å². The average molecular weight is 569 g/mol. The first-order valence-electron chi connectivity index (χ1n) is 13.2. The molecule has 0 bridgehead atoms. The van der Waals surface area contributed by atoms with E-state index in [-0.39, 0.29) is 28.6 Å². The first-order valence-corrected chi connectivity index (χ1v) is 15.9. The summed E-state index contributed by atoms with van der Waals surface area (Å²) in [5, 5.41) is 1.33. The predicted molar refractivity (Wildman–Crippen MR) is 149 cm³/mol. The second-order valence-electron chi connectivity index (χ2n) is 10.0. The van der Waals surface area contributed by atoms with Crippen LogP contribution in [0.25, 0.3) is 10.1 Å². The molecule has 0 aliphatic carbocycles. The Morgan fingerprint density at radius 1 is 1.14 bits per heavy atom. The van der Waals surface area contributed by atoms with Gasteiger partial charge in [0.2, 0.25) is 11.8 Å². The summed E-state index contributed by atoms with van der Waals surface area (Å²) in [6.45, 7) is 8.41. The van der Waals surface area contributed by atoms with Gasteiger partial charge in [-0.3, -0.25) is 9.59 Å². The quantitative estimate of drug-likeness (QED) is 0.443. The van der Waals surface area contributed by atoms with Gasteiger partial charge in [0.1, 0.15) is 10.3 Å². The fraction of sp³-hybridized carbons (Fsp3) is 0.615. The lowest BCUT2D eigenvalue weighted by molar-refractivity contribution is -0.143. The largest absolute Gasteiger partial charge is 0.337 e. The van der Waals surface area contributed by atoms with Gasteiger partial charge in [-0.05, 0) is 75.2 Å². The summed E-state index contributed by atoms with van der Waals surface area (Å²) in [5.41, 5.74) is 0. The van der Waals surface area contributed by atoms with Crippen LogP contribution in [0.4, 0.5) is 0 Å². The standard InChI is InChI=1S/C26H37ClN4O4S2/c1-3-11-29(12-4-2)17-21-7-5-14-31(21)24(32)18-30-13-6-8-22(26(30)33)28-37(34,35)25-15-19-9-10-20(27)16-23(19)36-25/h9-10,15-16,21-22,28H,3-8,11-14,17-18H2,1-2H3/t21-,22-/m0/s1. The molecule has 0 unspecified atom stereocenters. The van der Waals surface area contributed by atoms with Crippen molar-refractivity contribution >= 4 is 54.9 Å². The van der Waals surface area contributed by atoms with Crippen LogP contribution in [0.1, 0.15) is 52.4 Å². The van der Waals surface area contributed by atoms with Gasteiger partial charge in [0.25, 0.3) is 10.0 Å². The van der Waals surface area contributed by atoms with Gasteiger partial charge < -0.3 is 14.7 Å². The summed E-state index contributed by atoms with van der Waals surface area (Å²) in [5.74, 6) is -0.379. The molecule has 11 heteroatoms. The molecule has 0 radical (unpaired) electrons. The van der Waals surface area contributed by atoms with Crippen LogP contribution in [0.15, 0.2) is 28.5 Å². The van der Waals surface area contributed by atoms with E-state index < -0.39 is 16.1 Å². The number of nitrogens with one attached hydrogen (secondary N) is 1. The minimum Gasteiger partial charge on any atom is -0.337 e. The molecular formula is C26H37ClN4O4S2. The number of amides is 2. The summed E-state index contributed by atoms with van der Waals surface area (Å²) in [4.78, 5) is 32.4. The Hall–Kier alpha value is -1.72. The SMILES string of the molecule is CCCN(CCC)C[C@@H]1CCCN1C(=O)CN1CCC[C@H](NS(=O)(=O)c2cc3ccc(Cl)cc3s2)C1=O. The smallest absolute Gasteiger partial charge is 0.250 e. The number of thiophene rings is 1. The predicted octanol–water partition coefficient (Wildman–Crippen LogP) is 3.94. The van der Waals surface area contributed by atoms with Crippen molar-refractivity contribution in [1.29, 1.82) is 0 Å². The number of carbonyl (C=O) groups excluding carboxylic acids is 2. The number of rotatable bonds is 11. The van der Waals surface area contributed by atoms with Gasteiger partial charge in [0.15, 0.2) is 0 Å². The van der Waals surface area contributed by atoms with E-state index in [0.717, 1.165) is 66.7 Å². The van der Waals surface area contributed by atoms with Crippen LogP contribution < -0.4 is 4.72 Å². The molecule has 2 aliphatic heterocycles. The number of fused-ring (bicyclic) bond motifs is 1. The molecular weight excluding hydrogens is 532 g/mol. The normalized spacial score (nSPS) is 20.9. The van der Waals surface area contributed by atoms with Crippen molar-refractivity contribution in [3.05, 3.63) is 29.3 Å². The fourth-order valence-electron chi connectivity index (χ4n) is 5.40. The maximum atomic E-state index is 13.3. The molecule has 1 N–H and O–H groups in total. The Kier molecular flexibility index (Phi) is 9.50. The van der Waals surface area contributed by atoms with Gasteiger partial charge in [-0.1, -0.05) is 31.5 Å². The average Bonchev–Trinajstić information content (AvgIpc) is 3.49. The number of hydrogen-bond donors (Lipinski definition) is 1. The van der Waals surface area contributed by atoms with Crippen LogP contribution in [-0.2, 0) is 19.6 Å². The van der Waals surface area contributed by atoms with Crippen LogP contribution in [0.3, 0.4) is 0 Å². The summed E-state index contributed by atoms with van der Waals surface area (Å²) in [7, 11) is -3.89. The van der Waals surface area contributed by atoms with Gasteiger partial charge in [-0.15, -0.1) is 11.3 Å².